The van der Waals surface area contributed by atoms with E-state index in [2.05, 4.69) is 5.32 Å². The van der Waals surface area contributed by atoms with Gasteiger partial charge in [0.2, 0.25) is 5.82 Å². The molecule has 0 spiro atoms. The molecule has 0 amide bonds. The number of rotatable bonds is 9. The Bertz CT molecular complexity index is 413. The summed E-state index contributed by atoms with van der Waals surface area (Å²) < 4.78 is 13.7. The van der Waals surface area contributed by atoms with Crippen LogP contribution in [0.3, 0.4) is 0 Å². The van der Waals surface area contributed by atoms with Crippen LogP contribution in [-0.2, 0) is 6.54 Å². The van der Waals surface area contributed by atoms with E-state index in [4.69, 9.17) is 5.11 Å². The molecule has 1 rings (SSSR count). The molecule has 1 aromatic rings. The van der Waals surface area contributed by atoms with E-state index in [-0.39, 0.29) is 13.2 Å². The number of hydrogen-bond donors (Lipinski definition) is 2. The molecule has 2 N–H and O–H groups in total. The second-order valence-electron chi connectivity index (χ2n) is 4.32. The van der Waals surface area contributed by atoms with Crippen LogP contribution >= 0.6 is 0 Å². The van der Waals surface area contributed by atoms with Crippen LogP contribution in [0.4, 0.5) is 10.1 Å². The minimum Gasteiger partial charge on any atom is -0.396 e. The molecule has 0 radical (unpaired) electrons. The highest BCUT2D eigenvalue weighted by Crippen LogP contribution is 2.19. The molecule has 0 bridgehead atoms. The number of halogens is 1. The summed E-state index contributed by atoms with van der Waals surface area (Å²) >= 11 is 0. The number of nitrogens with zero attached hydrogens (tertiary/aromatic N) is 1. The van der Waals surface area contributed by atoms with Gasteiger partial charge in [0, 0.05) is 24.8 Å². The lowest BCUT2D eigenvalue weighted by Gasteiger charge is -2.06. The molecule has 6 heteroatoms. The quantitative estimate of drug-likeness (QED) is 0.410. The highest BCUT2D eigenvalue weighted by molar-refractivity contribution is 5.36. The zero-order valence-corrected chi connectivity index (χ0v) is 10.8. The number of aliphatic hydroxyl groups excluding tert-OH is 1. The largest absolute Gasteiger partial charge is 0.396 e. The summed E-state index contributed by atoms with van der Waals surface area (Å²) in [6, 6.07) is 4.19. The van der Waals surface area contributed by atoms with E-state index in [1.807, 2.05) is 0 Å². The summed E-state index contributed by atoms with van der Waals surface area (Å²) in [4.78, 5) is 9.86. The van der Waals surface area contributed by atoms with E-state index in [0.717, 1.165) is 38.3 Å². The van der Waals surface area contributed by atoms with Crippen LogP contribution in [0.5, 0.6) is 0 Å². The van der Waals surface area contributed by atoms with Crippen molar-refractivity contribution in [1.82, 2.24) is 5.32 Å². The van der Waals surface area contributed by atoms with Crippen molar-refractivity contribution in [1.29, 1.82) is 0 Å². The number of hydrogen-bond acceptors (Lipinski definition) is 4. The van der Waals surface area contributed by atoms with Crippen molar-refractivity contribution in [3.63, 3.8) is 0 Å². The van der Waals surface area contributed by atoms with Gasteiger partial charge in [0.15, 0.2) is 0 Å². The van der Waals surface area contributed by atoms with Gasteiger partial charge in [0.25, 0.3) is 0 Å². The SMILES string of the molecule is O=[N+]([O-])c1cccc(CNCCCCCCO)c1F. The maximum atomic E-state index is 13.7. The number of benzene rings is 1. The summed E-state index contributed by atoms with van der Waals surface area (Å²) in [6.45, 7) is 1.23. The van der Waals surface area contributed by atoms with E-state index in [1.54, 1.807) is 6.07 Å². The zero-order valence-electron chi connectivity index (χ0n) is 10.8. The molecule has 0 fully saturated rings. The van der Waals surface area contributed by atoms with Crippen LogP contribution in [0.15, 0.2) is 18.2 Å². The van der Waals surface area contributed by atoms with Gasteiger partial charge in [-0.15, -0.1) is 0 Å². The third kappa shape index (κ3) is 5.32. The lowest BCUT2D eigenvalue weighted by atomic mass is 10.1. The third-order valence-electron chi connectivity index (χ3n) is 2.83. The first-order valence-corrected chi connectivity index (χ1v) is 6.40. The van der Waals surface area contributed by atoms with Gasteiger partial charge in [0.1, 0.15) is 0 Å². The van der Waals surface area contributed by atoms with Gasteiger partial charge >= 0.3 is 5.69 Å². The standard InChI is InChI=1S/C13H19FN2O3/c14-13-11(6-5-7-12(13)16(18)19)10-15-8-3-1-2-4-9-17/h5-7,15,17H,1-4,8-10H2. The molecule has 0 atom stereocenters. The lowest BCUT2D eigenvalue weighted by Crippen LogP contribution is -2.16. The van der Waals surface area contributed by atoms with E-state index in [1.165, 1.54) is 6.07 Å². The normalized spacial score (nSPS) is 10.6. The average molecular weight is 270 g/mol. The molecule has 0 unspecified atom stereocenters. The predicted molar refractivity (Wildman–Crippen MR) is 70.3 cm³/mol. The fraction of sp³-hybridized carbons (Fsp3) is 0.538. The monoisotopic (exact) mass is 270 g/mol. The summed E-state index contributed by atoms with van der Waals surface area (Å²) in [6.07, 6.45) is 3.73. The number of aliphatic hydroxyl groups is 1. The smallest absolute Gasteiger partial charge is 0.305 e. The van der Waals surface area contributed by atoms with Crippen LogP contribution in [0.2, 0.25) is 0 Å². The van der Waals surface area contributed by atoms with Crippen molar-refractivity contribution in [3.8, 4) is 0 Å². The molecule has 1 aromatic carbocycles. The molecule has 5 nitrogen and oxygen atoms in total. The van der Waals surface area contributed by atoms with E-state index < -0.39 is 16.4 Å². The second-order valence-corrected chi connectivity index (χ2v) is 4.32. The van der Waals surface area contributed by atoms with Gasteiger partial charge < -0.3 is 10.4 Å². The maximum absolute atomic E-state index is 13.7. The van der Waals surface area contributed by atoms with Gasteiger partial charge in [0.05, 0.1) is 4.92 Å². The summed E-state index contributed by atoms with van der Waals surface area (Å²) in [7, 11) is 0. The highest BCUT2D eigenvalue weighted by atomic mass is 19.1. The molecule has 19 heavy (non-hydrogen) atoms. The Morgan fingerprint density at radius 2 is 2.00 bits per heavy atom. The molecule has 0 saturated carbocycles. The molecule has 0 aliphatic carbocycles. The van der Waals surface area contributed by atoms with Crippen molar-refractivity contribution in [2.45, 2.75) is 32.2 Å². The maximum Gasteiger partial charge on any atom is 0.305 e. The Morgan fingerprint density at radius 3 is 2.68 bits per heavy atom. The molecule has 106 valence electrons. The predicted octanol–water partition coefficient (Wildman–Crippen LogP) is 2.38. The van der Waals surface area contributed by atoms with E-state index in [0.29, 0.717) is 5.56 Å². The number of nitro benzene ring substituents is 1. The first-order chi connectivity index (χ1) is 9.16. The van der Waals surface area contributed by atoms with E-state index >= 15 is 0 Å². The Hall–Kier alpha value is -1.53. The summed E-state index contributed by atoms with van der Waals surface area (Å²) in [5, 5.41) is 22.2. The number of nitro groups is 1. The molecular formula is C13H19FN2O3. The minimum absolute atomic E-state index is 0.215. The van der Waals surface area contributed by atoms with Gasteiger partial charge in [-0.3, -0.25) is 10.1 Å². The summed E-state index contributed by atoms with van der Waals surface area (Å²) in [5.41, 5.74) is -0.174. The average Bonchev–Trinajstić information content (AvgIpc) is 2.39. The van der Waals surface area contributed by atoms with Crippen molar-refractivity contribution in [3.05, 3.63) is 39.7 Å². The zero-order chi connectivity index (χ0) is 14.1. The van der Waals surface area contributed by atoms with Gasteiger partial charge in [-0.2, -0.15) is 4.39 Å². The van der Waals surface area contributed by atoms with Crippen LogP contribution in [0, 0.1) is 15.9 Å². The Kier molecular flexibility index (Phi) is 6.99. The minimum atomic E-state index is -0.764. The number of nitrogens with one attached hydrogen (secondary N) is 1. The molecule has 0 aliphatic heterocycles. The van der Waals surface area contributed by atoms with Crippen LogP contribution in [0.1, 0.15) is 31.2 Å². The van der Waals surface area contributed by atoms with Gasteiger partial charge in [-0.1, -0.05) is 25.0 Å². The second kappa shape index (κ2) is 8.55. The highest BCUT2D eigenvalue weighted by Gasteiger charge is 2.16. The van der Waals surface area contributed by atoms with Crippen LogP contribution in [0.25, 0.3) is 0 Å². The van der Waals surface area contributed by atoms with Gasteiger partial charge in [-0.05, 0) is 19.4 Å². The van der Waals surface area contributed by atoms with Crippen molar-refractivity contribution in [2.75, 3.05) is 13.2 Å². The van der Waals surface area contributed by atoms with Crippen LogP contribution < -0.4 is 5.32 Å². The molecule has 0 heterocycles. The lowest BCUT2D eigenvalue weighted by molar-refractivity contribution is -0.387. The Morgan fingerprint density at radius 1 is 1.26 bits per heavy atom. The molecule has 0 aromatic heterocycles. The topological polar surface area (TPSA) is 75.4 Å². The van der Waals surface area contributed by atoms with Crippen molar-refractivity contribution < 1.29 is 14.4 Å². The molecule has 0 aliphatic rings. The fourth-order valence-corrected chi connectivity index (χ4v) is 1.78. The number of unbranched alkanes of at least 4 members (excludes halogenated alkanes) is 3. The molecule has 0 saturated heterocycles. The van der Waals surface area contributed by atoms with E-state index in [9.17, 15) is 14.5 Å². The molecular weight excluding hydrogens is 251 g/mol. The Labute approximate surface area is 111 Å². The van der Waals surface area contributed by atoms with Gasteiger partial charge in [-0.25, -0.2) is 0 Å². The fourth-order valence-electron chi connectivity index (χ4n) is 1.78. The first-order valence-electron chi connectivity index (χ1n) is 6.40. The first kappa shape index (κ1) is 15.5. The third-order valence-corrected chi connectivity index (χ3v) is 2.83. The Balaban J connectivity index is 2.33. The van der Waals surface area contributed by atoms with Crippen molar-refractivity contribution >= 4 is 5.69 Å². The van der Waals surface area contributed by atoms with Crippen LogP contribution in [-0.4, -0.2) is 23.2 Å². The summed E-state index contributed by atoms with van der Waals surface area (Å²) in [5.74, 6) is -0.764. The van der Waals surface area contributed by atoms with Crippen molar-refractivity contribution in [2.24, 2.45) is 0 Å².